The number of benzene rings is 1. The number of amides is 1. The molecule has 5 heteroatoms. The number of likely N-dealkylation sites (tertiary alicyclic amines) is 1. The third-order valence-corrected chi connectivity index (χ3v) is 4.36. The minimum absolute atomic E-state index is 0.0162. The zero-order chi connectivity index (χ0) is 13.8. The maximum Gasteiger partial charge on any atom is 0.308 e. The standard InChI is InChI=1S/C14H17NO3S/c1-19-12(10-5-3-2-4-6-10)13(16)15-8-7-11(9-15)14(17)18/h2-6,11-12H,7-9H2,1H3,(H,17,18)/t11-,12-/m0/s1. The third-order valence-electron chi connectivity index (χ3n) is 3.41. The number of carboxylic acids is 1. The number of carbonyl (C=O) groups excluding carboxylic acids is 1. The van der Waals surface area contributed by atoms with Gasteiger partial charge in [-0.2, -0.15) is 0 Å². The highest BCUT2D eigenvalue weighted by Crippen LogP contribution is 2.30. The monoisotopic (exact) mass is 279 g/mol. The van der Waals surface area contributed by atoms with E-state index in [1.165, 1.54) is 11.8 Å². The molecular formula is C14H17NO3S. The van der Waals surface area contributed by atoms with Gasteiger partial charge in [-0.05, 0) is 18.2 Å². The molecule has 1 N–H and O–H groups in total. The van der Waals surface area contributed by atoms with Crippen LogP contribution in [0.5, 0.6) is 0 Å². The summed E-state index contributed by atoms with van der Waals surface area (Å²) in [7, 11) is 0. The Bertz CT molecular complexity index is 463. The first-order chi connectivity index (χ1) is 9.13. The molecule has 2 atom stereocenters. The van der Waals surface area contributed by atoms with Gasteiger partial charge in [0.05, 0.1) is 5.92 Å². The average Bonchev–Trinajstić information content (AvgIpc) is 2.90. The van der Waals surface area contributed by atoms with Crippen LogP contribution in [-0.4, -0.2) is 41.2 Å². The van der Waals surface area contributed by atoms with Crippen LogP contribution in [0.1, 0.15) is 17.2 Å². The SMILES string of the molecule is CS[C@H](C(=O)N1CC[C@H](C(=O)O)C1)c1ccccc1. The van der Waals surface area contributed by atoms with E-state index in [2.05, 4.69) is 0 Å². The molecule has 1 heterocycles. The number of rotatable bonds is 4. The molecule has 1 saturated heterocycles. The van der Waals surface area contributed by atoms with Gasteiger partial charge >= 0.3 is 5.97 Å². The molecule has 1 aromatic carbocycles. The molecule has 1 aliphatic heterocycles. The van der Waals surface area contributed by atoms with E-state index in [9.17, 15) is 9.59 Å². The van der Waals surface area contributed by atoms with Crippen LogP contribution in [-0.2, 0) is 9.59 Å². The summed E-state index contributed by atoms with van der Waals surface area (Å²) in [5, 5.41) is 8.74. The Morgan fingerprint density at radius 3 is 2.58 bits per heavy atom. The highest BCUT2D eigenvalue weighted by atomic mass is 32.2. The molecule has 0 unspecified atom stereocenters. The van der Waals surface area contributed by atoms with Gasteiger partial charge in [-0.25, -0.2) is 0 Å². The van der Waals surface area contributed by atoms with E-state index in [1.807, 2.05) is 36.6 Å². The van der Waals surface area contributed by atoms with Gasteiger partial charge in [-0.15, -0.1) is 11.8 Å². The maximum atomic E-state index is 12.5. The summed E-state index contributed by atoms with van der Waals surface area (Å²) in [6, 6.07) is 9.61. The van der Waals surface area contributed by atoms with Gasteiger partial charge in [-0.3, -0.25) is 9.59 Å². The van der Waals surface area contributed by atoms with Gasteiger partial charge in [0.2, 0.25) is 5.91 Å². The zero-order valence-corrected chi connectivity index (χ0v) is 11.6. The largest absolute Gasteiger partial charge is 0.481 e. The van der Waals surface area contributed by atoms with Crippen molar-refractivity contribution in [2.45, 2.75) is 11.7 Å². The Morgan fingerprint density at radius 1 is 1.37 bits per heavy atom. The van der Waals surface area contributed by atoms with Crippen LogP contribution in [0.2, 0.25) is 0 Å². The Kier molecular flexibility index (Phi) is 4.47. The van der Waals surface area contributed by atoms with E-state index in [0.29, 0.717) is 19.5 Å². The van der Waals surface area contributed by atoms with E-state index in [4.69, 9.17) is 5.11 Å². The second-order valence-electron chi connectivity index (χ2n) is 4.63. The Hall–Kier alpha value is -1.49. The number of hydrogen-bond donors (Lipinski definition) is 1. The van der Waals surface area contributed by atoms with Crippen molar-refractivity contribution in [2.75, 3.05) is 19.3 Å². The highest BCUT2D eigenvalue weighted by molar-refractivity contribution is 7.99. The minimum atomic E-state index is -0.810. The molecule has 0 aromatic heterocycles. The third kappa shape index (κ3) is 3.10. The highest BCUT2D eigenvalue weighted by Gasteiger charge is 2.34. The minimum Gasteiger partial charge on any atom is -0.481 e. The van der Waals surface area contributed by atoms with Crippen molar-refractivity contribution in [3.63, 3.8) is 0 Å². The fourth-order valence-corrected chi connectivity index (χ4v) is 3.12. The molecule has 102 valence electrons. The number of thioether (sulfide) groups is 1. The van der Waals surface area contributed by atoms with Crippen molar-refractivity contribution in [3.8, 4) is 0 Å². The summed E-state index contributed by atoms with van der Waals surface area (Å²) in [5.74, 6) is -1.21. The van der Waals surface area contributed by atoms with Crippen molar-refractivity contribution < 1.29 is 14.7 Å². The lowest BCUT2D eigenvalue weighted by Crippen LogP contribution is -2.33. The molecule has 1 amide bonds. The van der Waals surface area contributed by atoms with Gasteiger partial charge in [0.15, 0.2) is 0 Å². The zero-order valence-electron chi connectivity index (χ0n) is 10.8. The first kappa shape index (κ1) is 13.9. The van der Waals surface area contributed by atoms with E-state index in [-0.39, 0.29) is 11.2 Å². The molecule has 1 aliphatic rings. The van der Waals surface area contributed by atoms with Crippen LogP contribution in [0.25, 0.3) is 0 Å². The van der Waals surface area contributed by atoms with E-state index >= 15 is 0 Å². The number of nitrogens with zero attached hydrogens (tertiary/aromatic N) is 1. The summed E-state index contributed by atoms with van der Waals surface area (Å²) in [6.07, 6.45) is 2.46. The van der Waals surface area contributed by atoms with E-state index in [0.717, 1.165) is 5.56 Å². The predicted molar refractivity (Wildman–Crippen MR) is 75.0 cm³/mol. The molecule has 1 fully saturated rings. The second-order valence-corrected chi connectivity index (χ2v) is 5.58. The Balaban J connectivity index is 2.08. The van der Waals surface area contributed by atoms with Crippen LogP contribution < -0.4 is 0 Å². The number of hydrogen-bond acceptors (Lipinski definition) is 3. The van der Waals surface area contributed by atoms with Crippen molar-refractivity contribution in [1.82, 2.24) is 4.90 Å². The van der Waals surface area contributed by atoms with Gasteiger partial charge in [-0.1, -0.05) is 30.3 Å². The summed E-state index contributed by atoms with van der Waals surface area (Å²) in [5.41, 5.74) is 0.971. The lowest BCUT2D eigenvalue weighted by atomic mass is 10.1. The summed E-state index contributed by atoms with van der Waals surface area (Å²) in [4.78, 5) is 25.1. The topological polar surface area (TPSA) is 57.6 Å². The molecule has 19 heavy (non-hydrogen) atoms. The molecular weight excluding hydrogens is 262 g/mol. The van der Waals surface area contributed by atoms with Crippen LogP contribution in [0.15, 0.2) is 30.3 Å². The van der Waals surface area contributed by atoms with Crippen molar-refractivity contribution in [3.05, 3.63) is 35.9 Å². The molecule has 2 rings (SSSR count). The number of carbonyl (C=O) groups is 2. The van der Waals surface area contributed by atoms with Crippen LogP contribution in [0.4, 0.5) is 0 Å². The predicted octanol–water partition coefficient (Wildman–Crippen LogP) is 2.02. The van der Waals surface area contributed by atoms with Crippen molar-refractivity contribution in [1.29, 1.82) is 0 Å². The smallest absolute Gasteiger partial charge is 0.308 e. The summed E-state index contributed by atoms with van der Waals surface area (Å²) in [6.45, 7) is 0.873. The number of aliphatic carboxylic acids is 1. The first-order valence-corrected chi connectivity index (χ1v) is 7.51. The first-order valence-electron chi connectivity index (χ1n) is 6.23. The normalized spacial score (nSPS) is 20.3. The van der Waals surface area contributed by atoms with Gasteiger partial charge in [0.25, 0.3) is 0 Å². The van der Waals surface area contributed by atoms with Crippen LogP contribution in [0, 0.1) is 5.92 Å². The molecule has 1 aromatic rings. The van der Waals surface area contributed by atoms with E-state index < -0.39 is 11.9 Å². The second kappa shape index (κ2) is 6.10. The molecule has 4 nitrogen and oxygen atoms in total. The fourth-order valence-electron chi connectivity index (χ4n) is 2.34. The van der Waals surface area contributed by atoms with Crippen molar-refractivity contribution in [2.24, 2.45) is 5.92 Å². The molecule has 0 bridgehead atoms. The van der Waals surface area contributed by atoms with Crippen LogP contribution in [0.3, 0.4) is 0 Å². The fraction of sp³-hybridized carbons (Fsp3) is 0.429. The summed E-state index contributed by atoms with van der Waals surface area (Å²) < 4.78 is 0. The number of carboxylic acid groups (broad SMARTS) is 1. The lowest BCUT2D eigenvalue weighted by molar-refractivity contribution is -0.141. The molecule has 0 saturated carbocycles. The lowest BCUT2D eigenvalue weighted by Gasteiger charge is -2.22. The Labute approximate surface area is 116 Å². The summed E-state index contributed by atoms with van der Waals surface area (Å²) >= 11 is 1.49. The van der Waals surface area contributed by atoms with Gasteiger partial charge in [0, 0.05) is 13.1 Å². The molecule has 0 radical (unpaired) electrons. The van der Waals surface area contributed by atoms with Crippen LogP contribution >= 0.6 is 11.8 Å². The van der Waals surface area contributed by atoms with Gasteiger partial charge < -0.3 is 10.0 Å². The van der Waals surface area contributed by atoms with Crippen molar-refractivity contribution >= 4 is 23.6 Å². The Morgan fingerprint density at radius 2 is 2.05 bits per heavy atom. The quantitative estimate of drug-likeness (QED) is 0.916. The van der Waals surface area contributed by atoms with Gasteiger partial charge in [0.1, 0.15) is 5.25 Å². The maximum absolute atomic E-state index is 12.5. The molecule has 0 spiro atoms. The average molecular weight is 279 g/mol. The van der Waals surface area contributed by atoms with E-state index in [1.54, 1.807) is 4.90 Å². The molecule has 0 aliphatic carbocycles.